The third-order valence-electron chi connectivity index (χ3n) is 2.41. The number of nitrogens with zero attached hydrogens (tertiary/aromatic N) is 2. The highest BCUT2D eigenvalue weighted by atomic mass is 19.1. The third kappa shape index (κ3) is 1.58. The molecule has 1 aromatic heterocycles. The molecule has 13 heavy (non-hydrogen) atoms. The fourth-order valence-electron chi connectivity index (χ4n) is 1.35. The van der Waals surface area contributed by atoms with Crippen molar-refractivity contribution in [3.8, 4) is 0 Å². The van der Waals surface area contributed by atoms with Crippen LogP contribution in [0.2, 0.25) is 0 Å². The van der Waals surface area contributed by atoms with Crippen molar-refractivity contribution in [3.63, 3.8) is 0 Å². The van der Waals surface area contributed by atoms with E-state index < -0.39 is 5.67 Å². The highest BCUT2D eigenvalue weighted by Crippen LogP contribution is 2.31. The summed E-state index contributed by atoms with van der Waals surface area (Å²) in [5.41, 5.74) is 3.92. The molecule has 1 aromatic rings. The SMILES string of the molecule is CC(C)C(F)(CN)c1nccn1C. The van der Waals surface area contributed by atoms with E-state index in [-0.39, 0.29) is 12.5 Å². The minimum Gasteiger partial charge on any atom is -0.335 e. The number of rotatable bonds is 3. The Morgan fingerprint density at radius 1 is 1.69 bits per heavy atom. The zero-order valence-electron chi connectivity index (χ0n) is 8.29. The molecule has 0 radical (unpaired) electrons. The average molecular weight is 185 g/mol. The number of hydrogen-bond donors (Lipinski definition) is 1. The van der Waals surface area contributed by atoms with Crippen molar-refractivity contribution < 1.29 is 4.39 Å². The van der Waals surface area contributed by atoms with Gasteiger partial charge < -0.3 is 10.3 Å². The average Bonchev–Trinajstić information content (AvgIpc) is 2.50. The molecule has 0 aliphatic heterocycles. The quantitative estimate of drug-likeness (QED) is 0.769. The van der Waals surface area contributed by atoms with Gasteiger partial charge in [-0.15, -0.1) is 0 Å². The molecule has 0 saturated carbocycles. The number of alkyl halides is 1. The fraction of sp³-hybridized carbons (Fsp3) is 0.667. The van der Waals surface area contributed by atoms with Crippen LogP contribution < -0.4 is 5.73 Å². The predicted octanol–water partition coefficient (Wildman–Crippen LogP) is 1.20. The van der Waals surface area contributed by atoms with Crippen LogP contribution >= 0.6 is 0 Å². The van der Waals surface area contributed by atoms with E-state index in [1.54, 1.807) is 24.0 Å². The van der Waals surface area contributed by atoms with Crippen LogP contribution in [0.5, 0.6) is 0 Å². The second-order valence-corrected chi connectivity index (χ2v) is 3.58. The van der Waals surface area contributed by atoms with Gasteiger partial charge in [0.05, 0.1) is 0 Å². The molecule has 74 valence electrons. The topological polar surface area (TPSA) is 43.8 Å². The third-order valence-corrected chi connectivity index (χ3v) is 2.41. The second-order valence-electron chi connectivity index (χ2n) is 3.58. The van der Waals surface area contributed by atoms with E-state index in [1.807, 2.05) is 13.8 Å². The molecule has 3 nitrogen and oxygen atoms in total. The molecular weight excluding hydrogens is 169 g/mol. The van der Waals surface area contributed by atoms with E-state index in [4.69, 9.17) is 5.73 Å². The molecule has 1 rings (SSSR count). The molecule has 1 unspecified atom stereocenters. The van der Waals surface area contributed by atoms with Crippen LogP contribution in [0.15, 0.2) is 12.4 Å². The Hall–Kier alpha value is -0.900. The maximum absolute atomic E-state index is 14.3. The minimum atomic E-state index is -1.52. The Labute approximate surface area is 77.8 Å². The van der Waals surface area contributed by atoms with Gasteiger partial charge in [-0.25, -0.2) is 9.37 Å². The van der Waals surface area contributed by atoms with Crippen LogP contribution in [0, 0.1) is 5.92 Å². The molecule has 4 heteroatoms. The van der Waals surface area contributed by atoms with Gasteiger partial charge in [-0.05, 0) is 5.92 Å². The van der Waals surface area contributed by atoms with Crippen molar-refractivity contribution in [2.24, 2.45) is 18.7 Å². The van der Waals surface area contributed by atoms with Crippen molar-refractivity contribution in [3.05, 3.63) is 18.2 Å². The van der Waals surface area contributed by atoms with Crippen molar-refractivity contribution in [1.29, 1.82) is 0 Å². The lowest BCUT2D eigenvalue weighted by molar-refractivity contribution is 0.0944. The molecule has 0 aliphatic carbocycles. The molecule has 0 saturated heterocycles. The smallest absolute Gasteiger partial charge is 0.182 e. The molecule has 0 spiro atoms. The van der Waals surface area contributed by atoms with Gasteiger partial charge in [-0.1, -0.05) is 13.8 Å². The number of halogens is 1. The second kappa shape index (κ2) is 3.46. The van der Waals surface area contributed by atoms with Gasteiger partial charge in [0.25, 0.3) is 0 Å². The molecule has 0 aliphatic rings. The summed E-state index contributed by atoms with van der Waals surface area (Å²) in [6.07, 6.45) is 3.31. The number of imidazole rings is 1. The van der Waals surface area contributed by atoms with Crippen LogP contribution in [0.25, 0.3) is 0 Å². The molecular formula is C9H16FN3. The Morgan fingerprint density at radius 3 is 2.62 bits per heavy atom. The Kier molecular flexibility index (Phi) is 2.71. The number of aromatic nitrogens is 2. The Morgan fingerprint density at radius 2 is 2.31 bits per heavy atom. The van der Waals surface area contributed by atoms with E-state index in [0.717, 1.165) is 0 Å². The molecule has 2 N–H and O–H groups in total. The van der Waals surface area contributed by atoms with E-state index >= 15 is 0 Å². The summed E-state index contributed by atoms with van der Waals surface area (Å²) in [6, 6.07) is 0. The van der Waals surface area contributed by atoms with E-state index in [0.29, 0.717) is 5.82 Å². The first-order valence-electron chi connectivity index (χ1n) is 4.39. The summed E-state index contributed by atoms with van der Waals surface area (Å²) in [5, 5.41) is 0. The van der Waals surface area contributed by atoms with Crippen molar-refractivity contribution in [1.82, 2.24) is 9.55 Å². The van der Waals surface area contributed by atoms with Gasteiger partial charge in [-0.3, -0.25) is 0 Å². The largest absolute Gasteiger partial charge is 0.335 e. The number of hydrogen-bond acceptors (Lipinski definition) is 2. The van der Waals surface area contributed by atoms with Crippen molar-refractivity contribution >= 4 is 0 Å². The Balaban J connectivity index is 3.10. The van der Waals surface area contributed by atoms with Gasteiger partial charge in [0.1, 0.15) is 5.82 Å². The summed E-state index contributed by atoms with van der Waals surface area (Å²) < 4.78 is 15.9. The van der Waals surface area contributed by atoms with Crippen molar-refractivity contribution in [2.45, 2.75) is 19.5 Å². The molecule has 0 fully saturated rings. The van der Waals surface area contributed by atoms with Crippen LogP contribution in [0.3, 0.4) is 0 Å². The molecule has 0 amide bonds. The fourth-order valence-corrected chi connectivity index (χ4v) is 1.35. The lowest BCUT2D eigenvalue weighted by Crippen LogP contribution is -2.38. The molecule has 0 aromatic carbocycles. The van der Waals surface area contributed by atoms with E-state index in [1.165, 1.54) is 0 Å². The minimum absolute atomic E-state index is 0.0322. The van der Waals surface area contributed by atoms with E-state index in [2.05, 4.69) is 4.98 Å². The Bertz CT molecular complexity index is 282. The van der Waals surface area contributed by atoms with Crippen LogP contribution in [-0.4, -0.2) is 16.1 Å². The zero-order valence-corrected chi connectivity index (χ0v) is 8.29. The first-order valence-corrected chi connectivity index (χ1v) is 4.39. The highest BCUT2D eigenvalue weighted by molar-refractivity contribution is 5.07. The molecule has 0 bridgehead atoms. The maximum atomic E-state index is 14.3. The number of nitrogens with two attached hydrogens (primary N) is 1. The van der Waals surface area contributed by atoms with Crippen LogP contribution in [0.1, 0.15) is 19.7 Å². The lowest BCUT2D eigenvalue weighted by atomic mass is 9.91. The summed E-state index contributed by atoms with van der Waals surface area (Å²) in [5.74, 6) is 0.239. The van der Waals surface area contributed by atoms with Gasteiger partial charge >= 0.3 is 0 Å². The predicted molar refractivity (Wildman–Crippen MR) is 49.9 cm³/mol. The monoisotopic (exact) mass is 185 g/mol. The van der Waals surface area contributed by atoms with Crippen LogP contribution in [0.4, 0.5) is 4.39 Å². The standard InChI is InChI=1S/C9H16FN3/c1-7(2)9(10,6-11)8-12-4-5-13(8)3/h4-5,7H,6,11H2,1-3H3. The molecule has 1 atom stereocenters. The zero-order chi connectivity index (χ0) is 10.1. The molecule has 1 heterocycles. The van der Waals surface area contributed by atoms with Crippen LogP contribution in [-0.2, 0) is 12.7 Å². The summed E-state index contributed by atoms with van der Waals surface area (Å²) in [4.78, 5) is 3.99. The first kappa shape index (κ1) is 10.2. The van der Waals surface area contributed by atoms with Gasteiger partial charge in [-0.2, -0.15) is 0 Å². The summed E-state index contributed by atoms with van der Waals surface area (Å²) in [6.45, 7) is 3.58. The normalized spacial score (nSPS) is 16.2. The summed E-state index contributed by atoms with van der Waals surface area (Å²) >= 11 is 0. The van der Waals surface area contributed by atoms with Crippen molar-refractivity contribution in [2.75, 3.05) is 6.54 Å². The summed E-state index contributed by atoms with van der Waals surface area (Å²) in [7, 11) is 1.77. The number of aryl methyl sites for hydroxylation is 1. The van der Waals surface area contributed by atoms with Gasteiger partial charge in [0.15, 0.2) is 5.67 Å². The van der Waals surface area contributed by atoms with E-state index in [9.17, 15) is 4.39 Å². The lowest BCUT2D eigenvalue weighted by Gasteiger charge is -2.26. The van der Waals surface area contributed by atoms with Gasteiger partial charge in [0.2, 0.25) is 0 Å². The maximum Gasteiger partial charge on any atom is 0.182 e. The highest BCUT2D eigenvalue weighted by Gasteiger charge is 2.37. The first-order chi connectivity index (χ1) is 6.02. The van der Waals surface area contributed by atoms with Gasteiger partial charge in [0, 0.05) is 26.0 Å².